The Morgan fingerprint density at radius 2 is 1.71 bits per heavy atom. The number of rotatable bonds is 5. The molecule has 0 aliphatic heterocycles. The number of anilines is 1. The minimum Gasteiger partial charge on any atom is -0.399 e. The highest BCUT2D eigenvalue weighted by Gasteiger charge is 2.42. The second-order valence-electron chi connectivity index (χ2n) is 5.64. The number of carbonyl (C=O) groups is 1. The molecule has 128 valence electrons. The third kappa shape index (κ3) is 4.75. The van der Waals surface area contributed by atoms with Crippen LogP contribution in [-0.4, -0.2) is 23.5 Å². The van der Waals surface area contributed by atoms with Gasteiger partial charge in [0.15, 0.2) is 0 Å². The highest BCUT2D eigenvalue weighted by Crippen LogP contribution is 2.21. The topological polar surface area (TPSA) is 46.3 Å². The summed E-state index contributed by atoms with van der Waals surface area (Å²) in [5.41, 5.74) is 8.56. The van der Waals surface area contributed by atoms with E-state index in [1.54, 1.807) is 36.4 Å². The molecule has 0 saturated carbocycles. The monoisotopic (exact) mass is 336 g/mol. The third-order valence-corrected chi connectivity index (χ3v) is 3.80. The lowest BCUT2D eigenvalue weighted by atomic mass is 10.1. The van der Waals surface area contributed by atoms with Gasteiger partial charge in [0.25, 0.3) is 0 Å². The number of aryl methyl sites for hydroxylation is 1. The van der Waals surface area contributed by atoms with Crippen LogP contribution in [0, 0.1) is 6.92 Å². The SMILES string of the molecule is Cc1ccccc1CN(CCc1ccc(N)cc1)C(=O)C(F)(F)F. The van der Waals surface area contributed by atoms with Crippen molar-refractivity contribution in [1.29, 1.82) is 0 Å². The largest absolute Gasteiger partial charge is 0.471 e. The molecule has 6 heteroatoms. The van der Waals surface area contributed by atoms with Crippen LogP contribution in [0.25, 0.3) is 0 Å². The summed E-state index contributed by atoms with van der Waals surface area (Å²) >= 11 is 0. The number of halogens is 3. The molecule has 0 aliphatic carbocycles. The number of hydrogen-bond donors (Lipinski definition) is 1. The standard InChI is InChI=1S/C18H19F3N2O/c1-13-4-2-3-5-15(13)12-23(17(24)18(19,20)21)11-10-14-6-8-16(22)9-7-14/h2-9H,10-12,22H2,1H3. The van der Waals surface area contributed by atoms with E-state index in [4.69, 9.17) is 5.73 Å². The number of carbonyl (C=O) groups excluding carboxylic acids is 1. The van der Waals surface area contributed by atoms with E-state index >= 15 is 0 Å². The van der Waals surface area contributed by atoms with Crippen LogP contribution in [0.15, 0.2) is 48.5 Å². The molecule has 2 rings (SSSR count). The highest BCUT2D eigenvalue weighted by atomic mass is 19.4. The highest BCUT2D eigenvalue weighted by molar-refractivity contribution is 5.81. The number of hydrogen-bond acceptors (Lipinski definition) is 2. The third-order valence-electron chi connectivity index (χ3n) is 3.80. The zero-order valence-electron chi connectivity index (χ0n) is 13.3. The predicted molar refractivity (Wildman–Crippen MR) is 87.2 cm³/mol. The van der Waals surface area contributed by atoms with E-state index in [2.05, 4.69) is 0 Å². The van der Waals surface area contributed by atoms with Crippen LogP contribution in [-0.2, 0) is 17.8 Å². The molecule has 0 saturated heterocycles. The Bertz CT molecular complexity index is 696. The molecular formula is C18H19F3N2O. The van der Waals surface area contributed by atoms with Gasteiger partial charge in [-0.15, -0.1) is 0 Å². The summed E-state index contributed by atoms with van der Waals surface area (Å²) in [6.07, 6.45) is -4.56. The molecule has 0 atom stereocenters. The maximum atomic E-state index is 12.9. The zero-order chi connectivity index (χ0) is 17.7. The Balaban J connectivity index is 2.15. The molecule has 24 heavy (non-hydrogen) atoms. The first-order valence-electron chi connectivity index (χ1n) is 7.52. The van der Waals surface area contributed by atoms with Gasteiger partial charge in [0.1, 0.15) is 0 Å². The van der Waals surface area contributed by atoms with Crippen molar-refractivity contribution in [3.63, 3.8) is 0 Å². The quantitative estimate of drug-likeness (QED) is 0.846. The fourth-order valence-electron chi connectivity index (χ4n) is 2.37. The van der Waals surface area contributed by atoms with E-state index in [1.807, 2.05) is 19.1 Å². The molecule has 0 unspecified atom stereocenters. The molecule has 0 spiro atoms. The smallest absolute Gasteiger partial charge is 0.399 e. The van der Waals surface area contributed by atoms with Gasteiger partial charge >= 0.3 is 12.1 Å². The summed E-state index contributed by atoms with van der Waals surface area (Å²) in [6.45, 7) is 1.72. The van der Waals surface area contributed by atoms with Gasteiger partial charge in [-0.2, -0.15) is 13.2 Å². The fourth-order valence-corrected chi connectivity index (χ4v) is 2.37. The lowest BCUT2D eigenvalue weighted by Crippen LogP contribution is -2.41. The number of nitrogen functional groups attached to an aromatic ring is 1. The molecule has 0 bridgehead atoms. The summed E-state index contributed by atoms with van der Waals surface area (Å²) in [7, 11) is 0. The fraction of sp³-hybridized carbons (Fsp3) is 0.278. The van der Waals surface area contributed by atoms with E-state index < -0.39 is 12.1 Å². The summed E-state index contributed by atoms with van der Waals surface area (Å²) in [6, 6.07) is 14.0. The summed E-state index contributed by atoms with van der Waals surface area (Å²) in [5, 5.41) is 0. The maximum absolute atomic E-state index is 12.9. The number of nitrogens with zero attached hydrogens (tertiary/aromatic N) is 1. The van der Waals surface area contributed by atoms with Gasteiger partial charge in [-0.3, -0.25) is 4.79 Å². The van der Waals surface area contributed by atoms with Crippen molar-refractivity contribution in [2.75, 3.05) is 12.3 Å². The first-order chi connectivity index (χ1) is 11.3. The van der Waals surface area contributed by atoms with Gasteiger partial charge in [0, 0.05) is 18.8 Å². The summed E-state index contributed by atoms with van der Waals surface area (Å²) in [4.78, 5) is 12.6. The van der Waals surface area contributed by atoms with E-state index in [0.717, 1.165) is 16.0 Å². The molecule has 0 heterocycles. The summed E-state index contributed by atoms with van der Waals surface area (Å²) in [5.74, 6) is -1.82. The molecule has 3 nitrogen and oxygen atoms in total. The Labute approximate surface area is 138 Å². The van der Waals surface area contributed by atoms with Crippen molar-refractivity contribution in [3.05, 3.63) is 65.2 Å². The molecular weight excluding hydrogens is 317 g/mol. The van der Waals surface area contributed by atoms with E-state index in [9.17, 15) is 18.0 Å². The lowest BCUT2D eigenvalue weighted by Gasteiger charge is -2.24. The molecule has 0 fully saturated rings. The van der Waals surface area contributed by atoms with Crippen molar-refractivity contribution >= 4 is 11.6 Å². The van der Waals surface area contributed by atoms with Crippen molar-refractivity contribution in [2.24, 2.45) is 0 Å². The van der Waals surface area contributed by atoms with Crippen molar-refractivity contribution in [2.45, 2.75) is 26.1 Å². The van der Waals surface area contributed by atoms with Gasteiger partial charge < -0.3 is 10.6 Å². The van der Waals surface area contributed by atoms with Crippen LogP contribution >= 0.6 is 0 Å². The first kappa shape index (κ1) is 17.8. The number of alkyl halides is 3. The molecule has 2 N–H and O–H groups in total. The normalized spacial score (nSPS) is 11.3. The van der Waals surface area contributed by atoms with E-state index in [0.29, 0.717) is 17.7 Å². The maximum Gasteiger partial charge on any atom is 0.471 e. The zero-order valence-corrected chi connectivity index (χ0v) is 13.3. The van der Waals surface area contributed by atoms with Crippen LogP contribution in [0.1, 0.15) is 16.7 Å². The molecule has 0 aliphatic rings. The molecule has 1 amide bonds. The first-order valence-corrected chi connectivity index (χ1v) is 7.52. The van der Waals surface area contributed by atoms with Crippen molar-refractivity contribution in [3.8, 4) is 0 Å². The van der Waals surface area contributed by atoms with E-state index in [-0.39, 0.29) is 13.1 Å². The minimum absolute atomic E-state index is 0.0173. The Hall–Kier alpha value is -2.50. The van der Waals surface area contributed by atoms with Gasteiger partial charge in [0.05, 0.1) is 0 Å². The number of benzene rings is 2. The average molecular weight is 336 g/mol. The van der Waals surface area contributed by atoms with Crippen molar-refractivity contribution in [1.82, 2.24) is 4.90 Å². The lowest BCUT2D eigenvalue weighted by molar-refractivity contribution is -0.186. The molecule has 2 aromatic carbocycles. The Kier molecular flexibility index (Phi) is 5.49. The Morgan fingerprint density at radius 3 is 2.29 bits per heavy atom. The van der Waals surface area contributed by atoms with Gasteiger partial charge in [-0.25, -0.2) is 0 Å². The molecule has 2 aromatic rings. The molecule has 0 radical (unpaired) electrons. The van der Waals surface area contributed by atoms with Gasteiger partial charge in [-0.05, 0) is 42.2 Å². The Morgan fingerprint density at radius 1 is 1.08 bits per heavy atom. The van der Waals surface area contributed by atoms with E-state index in [1.165, 1.54) is 0 Å². The van der Waals surface area contributed by atoms with Crippen LogP contribution in [0.3, 0.4) is 0 Å². The molecule has 0 aromatic heterocycles. The minimum atomic E-state index is -4.89. The number of amides is 1. The van der Waals surface area contributed by atoms with Crippen LogP contribution in [0.2, 0.25) is 0 Å². The number of nitrogens with two attached hydrogens (primary N) is 1. The second-order valence-corrected chi connectivity index (χ2v) is 5.64. The van der Waals surface area contributed by atoms with Gasteiger partial charge in [0.2, 0.25) is 0 Å². The van der Waals surface area contributed by atoms with Crippen molar-refractivity contribution < 1.29 is 18.0 Å². The predicted octanol–water partition coefficient (Wildman–Crippen LogP) is 3.71. The average Bonchev–Trinajstić information content (AvgIpc) is 2.53. The van der Waals surface area contributed by atoms with Crippen LogP contribution in [0.4, 0.5) is 18.9 Å². The second kappa shape index (κ2) is 7.38. The van der Waals surface area contributed by atoms with Gasteiger partial charge in [-0.1, -0.05) is 36.4 Å². The summed E-state index contributed by atoms with van der Waals surface area (Å²) < 4.78 is 38.6. The van der Waals surface area contributed by atoms with Crippen LogP contribution in [0.5, 0.6) is 0 Å². The van der Waals surface area contributed by atoms with Crippen LogP contribution < -0.4 is 5.73 Å².